The monoisotopic (exact) mass is 288 g/mol. The molecule has 2 heterocycles. The molecule has 0 radical (unpaired) electrons. The number of benzene rings is 1. The van der Waals surface area contributed by atoms with Crippen LogP contribution in [0.5, 0.6) is 0 Å². The summed E-state index contributed by atoms with van der Waals surface area (Å²) < 4.78 is 14.1. The number of fused-ring (bicyclic) bond motifs is 2. The first-order chi connectivity index (χ1) is 10.0. The molecule has 2 fully saturated rings. The largest absolute Gasteiger partial charge is 0.385 e. The highest BCUT2D eigenvalue weighted by Gasteiger charge is 2.44. The Morgan fingerprint density at radius 1 is 1.38 bits per heavy atom. The summed E-state index contributed by atoms with van der Waals surface area (Å²) >= 11 is 0. The molecule has 1 aromatic carbocycles. The van der Waals surface area contributed by atoms with Crippen molar-refractivity contribution in [2.24, 2.45) is 0 Å². The van der Waals surface area contributed by atoms with E-state index in [9.17, 15) is 9.50 Å². The molecule has 0 saturated carbocycles. The summed E-state index contributed by atoms with van der Waals surface area (Å²) in [6.07, 6.45) is 4.81. The lowest BCUT2D eigenvalue weighted by Crippen LogP contribution is -2.55. The minimum Gasteiger partial charge on any atom is -0.385 e. The number of piperidine rings is 2. The first-order valence-electron chi connectivity index (χ1n) is 7.64. The fourth-order valence-electron chi connectivity index (χ4n) is 3.95. The summed E-state index contributed by atoms with van der Waals surface area (Å²) in [7, 11) is 2.13. The van der Waals surface area contributed by atoms with Crippen LogP contribution < -0.4 is 0 Å². The predicted octanol–water partition coefficient (Wildman–Crippen LogP) is 2.73. The van der Waals surface area contributed by atoms with Gasteiger partial charge in [-0.3, -0.25) is 0 Å². The van der Waals surface area contributed by atoms with Gasteiger partial charge in [-0.2, -0.15) is 5.26 Å². The second-order valence-corrected chi connectivity index (χ2v) is 6.48. The third kappa shape index (κ3) is 2.56. The van der Waals surface area contributed by atoms with Gasteiger partial charge in [0.15, 0.2) is 0 Å². The second kappa shape index (κ2) is 5.40. The molecule has 3 rings (SSSR count). The second-order valence-electron chi connectivity index (χ2n) is 6.48. The molecular formula is C17H21FN2O. The van der Waals surface area contributed by atoms with E-state index >= 15 is 0 Å². The van der Waals surface area contributed by atoms with Gasteiger partial charge in [0.05, 0.1) is 18.1 Å². The average molecular weight is 288 g/mol. The van der Waals surface area contributed by atoms with Crippen LogP contribution in [0.4, 0.5) is 4.39 Å². The average Bonchev–Trinajstić information content (AvgIpc) is 2.43. The summed E-state index contributed by atoms with van der Waals surface area (Å²) in [4.78, 5) is 2.37. The Labute approximate surface area is 125 Å². The summed E-state index contributed by atoms with van der Waals surface area (Å²) in [5.74, 6) is -0.383. The summed E-state index contributed by atoms with van der Waals surface area (Å²) in [6.45, 7) is 0. The number of hydrogen-bond donors (Lipinski definition) is 1. The van der Waals surface area contributed by atoms with Crippen LogP contribution in [-0.4, -0.2) is 29.1 Å². The van der Waals surface area contributed by atoms with Crippen molar-refractivity contribution in [1.29, 1.82) is 5.26 Å². The highest BCUT2D eigenvalue weighted by atomic mass is 19.1. The van der Waals surface area contributed by atoms with Gasteiger partial charge in [0, 0.05) is 17.6 Å². The van der Waals surface area contributed by atoms with Crippen molar-refractivity contribution in [3.8, 4) is 6.07 Å². The van der Waals surface area contributed by atoms with Crippen LogP contribution in [0.25, 0.3) is 0 Å². The number of aliphatic hydroxyl groups is 1. The van der Waals surface area contributed by atoms with Crippen molar-refractivity contribution in [1.82, 2.24) is 4.90 Å². The summed E-state index contributed by atoms with van der Waals surface area (Å²) in [5.41, 5.74) is 0.124. The molecule has 2 unspecified atom stereocenters. The zero-order valence-electron chi connectivity index (χ0n) is 12.3. The van der Waals surface area contributed by atoms with Gasteiger partial charge >= 0.3 is 0 Å². The summed E-state index contributed by atoms with van der Waals surface area (Å²) in [6, 6.07) is 7.57. The number of nitrogens with zero attached hydrogens (tertiary/aromatic N) is 2. The third-order valence-electron chi connectivity index (χ3n) is 5.23. The molecule has 112 valence electrons. The molecule has 1 aromatic rings. The highest BCUT2D eigenvalue weighted by molar-refractivity contribution is 5.31. The molecule has 21 heavy (non-hydrogen) atoms. The Kier molecular flexibility index (Phi) is 3.73. The molecule has 2 saturated heterocycles. The van der Waals surface area contributed by atoms with Crippen LogP contribution in [0.2, 0.25) is 0 Å². The van der Waals surface area contributed by atoms with E-state index < -0.39 is 5.60 Å². The third-order valence-corrected chi connectivity index (χ3v) is 5.23. The van der Waals surface area contributed by atoms with E-state index in [-0.39, 0.29) is 12.2 Å². The SMILES string of the molecule is CN1C2CCCC1CC(O)(c1ccc(CC#N)c(F)c1)C2. The first kappa shape index (κ1) is 14.5. The minimum absolute atomic E-state index is 0.0680. The Hall–Kier alpha value is -1.44. The molecule has 2 aliphatic heterocycles. The summed E-state index contributed by atoms with van der Waals surface area (Å²) in [5, 5.41) is 19.7. The maximum absolute atomic E-state index is 14.1. The number of halogens is 1. The van der Waals surface area contributed by atoms with E-state index in [1.165, 1.54) is 12.5 Å². The zero-order valence-corrected chi connectivity index (χ0v) is 12.3. The van der Waals surface area contributed by atoms with Gasteiger partial charge in [0.1, 0.15) is 5.82 Å². The van der Waals surface area contributed by atoms with Crippen LogP contribution in [0, 0.1) is 17.1 Å². The van der Waals surface area contributed by atoms with Crippen molar-refractivity contribution in [2.75, 3.05) is 7.05 Å². The molecule has 2 atom stereocenters. The topological polar surface area (TPSA) is 47.3 Å². The van der Waals surface area contributed by atoms with E-state index in [2.05, 4.69) is 11.9 Å². The van der Waals surface area contributed by atoms with E-state index in [0.717, 1.165) is 12.8 Å². The van der Waals surface area contributed by atoms with Crippen LogP contribution in [0.1, 0.15) is 43.2 Å². The fourth-order valence-corrected chi connectivity index (χ4v) is 3.95. The number of nitriles is 1. The normalized spacial score (nSPS) is 32.7. The van der Waals surface area contributed by atoms with Gasteiger partial charge in [-0.1, -0.05) is 18.6 Å². The van der Waals surface area contributed by atoms with E-state index in [1.54, 1.807) is 12.1 Å². The number of rotatable bonds is 2. The Morgan fingerprint density at radius 2 is 2.05 bits per heavy atom. The van der Waals surface area contributed by atoms with Gasteiger partial charge in [0.2, 0.25) is 0 Å². The maximum atomic E-state index is 14.1. The quantitative estimate of drug-likeness (QED) is 0.910. The maximum Gasteiger partial charge on any atom is 0.127 e. The molecule has 2 aliphatic rings. The number of hydrogen-bond acceptors (Lipinski definition) is 3. The molecule has 3 nitrogen and oxygen atoms in total. The smallest absolute Gasteiger partial charge is 0.127 e. The van der Waals surface area contributed by atoms with Crippen molar-refractivity contribution < 1.29 is 9.50 Å². The molecule has 4 heteroatoms. The fraction of sp³-hybridized carbons (Fsp3) is 0.588. The predicted molar refractivity (Wildman–Crippen MR) is 78.0 cm³/mol. The van der Waals surface area contributed by atoms with Crippen LogP contribution >= 0.6 is 0 Å². The van der Waals surface area contributed by atoms with E-state index in [0.29, 0.717) is 36.1 Å². The standard InChI is InChI=1S/C17H21FN2O/c1-20-14-3-2-4-15(20)11-17(21,10-14)13-6-5-12(7-8-19)16(18)9-13/h5-6,9,14-15,21H,2-4,7,10-11H2,1H3. The molecule has 0 spiro atoms. The van der Waals surface area contributed by atoms with Crippen LogP contribution in [0.3, 0.4) is 0 Å². The highest BCUT2D eigenvalue weighted by Crippen LogP contribution is 2.43. The van der Waals surface area contributed by atoms with Gasteiger partial charge in [0.25, 0.3) is 0 Å². The first-order valence-corrected chi connectivity index (χ1v) is 7.64. The lowest BCUT2D eigenvalue weighted by molar-refractivity contribution is -0.0876. The molecule has 1 N–H and O–H groups in total. The molecule has 0 aromatic heterocycles. The Morgan fingerprint density at radius 3 is 2.62 bits per heavy atom. The van der Waals surface area contributed by atoms with Crippen molar-refractivity contribution in [3.05, 3.63) is 35.1 Å². The minimum atomic E-state index is -0.936. The van der Waals surface area contributed by atoms with Gasteiger partial charge < -0.3 is 10.0 Å². The molecule has 0 aliphatic carbocycles. The van der Waals surface area contributed by atoms with E-state index in [4.69, 9.17) is 5.26 Å². The Balaban J connectivity index is 1.89. The van der Waals surface area contributed by atoms with Gasteiger partial charge in [-0.05, 0) is 44.4 Å². The van der Waals surface area contributed by atoms with E-state index in [1.807, 2.05) is 6.07 Å². The molecular weight excluding hydrogens is 267 g/mol. The van der Waals surface area contributed by atoms with Gasteiger partial charge in [-0.15, -0.1) is 0 Å². The Bertz CT molecular complexity index is 567. The molecule has 0 amide bonds. The van der Waals surface area contributed by atoms with Crippen molar-refractivity contribution >= 4 is 0 Å². The van der Waals surface area contributed by atoms with Crippen LogP contribution in [-0.2, 0) is 12.0 Å². The zero-order chi connectivity index (χ0) is 15.0. The molecule has 2 bridgehead atoms. The van der Waals surface area contributed by atoms with Crippen molar-refractivity contribution in [2.45, 2.75) is 56.2 Å². The van der Waals surface area contributed by atoms with Crippen molar-refractivity contribution in [3.63, 3.8) is 0 Å². The lowest BCUT2D eigenvalue weighted by atomic mass is 9.72. The lowest BCUT2D eigenvalue weighted by Gasteiger charge is -2.50. The van der Waals surface area contributed by atoms with Gasteiger partial charge in [-0.25, -0.2) is 4.39 Å². The van der Waals surface area contributed by atoms with Crippen LogP contribution in [0.15, 0.2) is 18.2 Å².